The molecule has 7 nitrogen and oxygen atoms in total. The number of carbonyl (C=O) groups is 1. The molecule has 7 heteroatoms. The highest BCUT2D eigenvalue weighted by molar-refractivity contribution is 5.66. The van der Waals surface area contributed by atoms with Gasteiger partial charge in [-0.25, -0.2) is 4.79 Å². The van der Waals surface area contributed by atoms with Crippen molar-refractivity contribution in [3.8, 4) is 11.5 Å². The van der Waals surface area contributed by atoms with Crippen LogP contribution in [0.4, 0.5) is 10.5 Å². The molecule has 1 heterocycles. The molecule has 1 saturated heterocycles. The Hall–Kier alpha value is -2.15. The number of hydrogen-bond donors (Lipinski definition) is 3. The van der Waals surface area contributed by atoms with Gasteiger partial charge >= 0.3 is 6.09 Å². The number of aliphatic hydroxyl groups excluding tert-OH is 1. The number of ether oxygens (including phenoxy) is 2. The van der Waals surface area contributed by atoms with Crippen molar-refractivity contribution >= 4 is 11.8 Å². The third kappa shape index (κ3) is 3.05. The van der Waals surface area contributed by atoms with Gasteiger partial charge in [-0.05, 0) is 18.6 Å². The lowest BCUT2D eigenvalue weighted by atomic mass is 10.2. The third-order valence-electron chi connectivity index (χ3n) is 3.26. The summed E-state index contributed by atoms with van der Waals surface area (Å²) in [6.07, 6.45) is -1.34. The van der Waals surface area contributed by atoms with Crippen molar-refractivity contribution < 1.29 is 24.5 Å². The lowest BCUT2D eigenvalue weighted by molar-refractivity contribution is 0.119. The second-order valence-electron chi connectivity index (χ2n) is 4.70. The fraction of sp³-hybridized carbons (Fsp3) is 0.462. The van der Waals surface area contributed by atoms with Crippen LogP contribution in [0.3, 0.4) is 0 Å². The van der Waals surface area contributed by atoms with Gasteiger partial charge in [0.05, 0.1) is 25.8 Å². The van der Waals surface area contributed by atoms with Gasteiger partial charge in [0.25, 0.3) is 0 Å². The summed E-state index contributed by atoms with van der Waals surface area (Å²) in [6, 6.07) is 4.61. The van der Waals surface area contributed by atoms with Gasteiger partial charge in [-0.1, -0.05) is 0 Å². The van der Waals surface area contributed by atoms with E-state index in [1.807, 2.05) is 0 Å². The normalized spacial score (nSPS) is 21.8. The van der Waals surface area contributed by atoms with Crippen LogP contribution in [0.15, 0.2) is 18.2 Å². The maximum atomic E-state index is 11.1. The van der Waals surface area contributed by atoms with E-state index >= 15 is 0 Å². The number of nitrogen functional groups attached to an aromatic ring is 1. The summed E-state index contributed by atoms with van der Waals surface area (Å²) in [5.74, 6) is 0.985. The molecule has 0 spiro atoms. The molecule has 1 aromatic carbocycles. The van der Waals surface area contributed by atoms with Gasteiger partial charge in [0.15, 0.2) is 11.5 Å². The minimum Gasteiger partial charge on any atom is -0.493 e. The highest BCUT2D eigenvalue weighted by Crippen LogP contribution is 2.30. The van der Waals surface area contributed by atoms with Gasteiger partial charge in [0.2, 0.25) is 0 Å². The minimum absolute atomic E-state index is 0.113. The molecule has 2 rings (SSSR count). The molecule has 1 aromatic rings. The highest BCUT2D eigenvalue weighted by atomic mass is 16.5. The van der Waals surface area contributed by atoms with E-state index in [1.54, 1.807) is 18.2 Å². The van der Waals surface area contributed by atoms with Gasteiger partial charge in [0.1, 0.15) is 6.61 Å². The summed E-state index contributed by atoms with van der Waals surface area (Å²) in [6.45, 7) is 0.270. The largest absolute Gasteiger partial charge is 0.493 e. The van der Waals surface area contributed by atoms with E-state index in [4.69, 9.17) is 20.3 Å². The van der Waals surface area contributed by atoms with E-state index in [1.165, 1.54) is 12.0 Å². The number of nitrogens with zero attached hydrogens (tertiary/aromatic N) is 1. The fourth-order valence-corrected chi connectivity index (χ4v) is 2.27. The quantitative estimate of drug-likeness (QED) is 0.704. The van der Waals surface area contributed by atoms with Crippen molar-refractivity contribution in [3.63, 3.8) is 0 Å². The molecule has 0 radical (unpaired) electrons. The number of benzene rings is 1. The lowest BCUT2D eigenvalue weighted by Crippen LogP contribution is -2.38. The van der Waals surface area contributed by atoms with E-state index in [0.717, 1.165) is 0 Å². The van der Waals surface area contributed by atoms with Crippen LogP contribution in [0.5, 0.6) is 11.5 Å². The summed E-state index contributed by atoms with van der Waals surface area (Å²) in [7, 11) is 1.50. The fourth-order valence-electron chi connectivity index (χ4n) is 2.27. The first kappa shape index (κ1) is 14.3. The zero-order valence-electron chi connectivity index (χ0n) is 11.2. The second-order valence-corrected chi connectivity index (χ2v) is 4.70. The maximum absolute atomic E-state index is 11.1. The molecule has 1 aliphatic heterocycles. The number of likely N-dealkylation sites (tertiary alicyclic amines) is 1. The molecular weight excluding hydrogens is 264 g/mol. The molecule has 110 valence electrons. The van der Waals surface area contributed by atoms with Crippen molar-refractivity contribution in [2.75, 3.05) is 26.0 Å². The lowest BCUT2D eigenvalue weighted by Gasteiger charge is -2.21. The Morgan fingerprint density at radius 3 is 2.90 bits per heavy atom. The molecule has 0 bridgehead atoms. The van der Waals surface area contributed by atoms with Crippen LogP contribution in [0, 0.1) is 0 Å². The van der Waals surface area contributed by atoms with Gasteiger partial charge in [-0.3, -0.25) is 4.90 Å². The van der Waals surface area contributed by atoms with Gasteiger partial charge < -0.3 is 25.4 Å². The van der Waals surface area contributed by atoms with Crippen LogP contribution in [-0.2, 0) is 0 Å². The van der Waals surface area contributed by atoms with Crippen LogP contribution in [0.1, 0.15) is 6.42 Å². The van der Waals surface area contributed by atoms with Crippen molar-refractivity contribution in [1.29, 1.82) is 0 Å². The zero-order valence-corrected chi connectivity index (χ0v) is 11.2. The average Bonchev–Trinajstić information content (AvgIpc) is 2.78. The number of β-amino-alcohol motifs (C(OH)–C–C–N with tert-alkyl or cyclic N) is 1. The number of nitrogens with two attached hydrogens (primary N) is 1. The molecule has 0 aliphatic carbocycles. The number of amides is 1. The predicted molar refractivity (Wildman–Crippen MR) is 72.0 cm³/mol. The molecular formula is C13H18N2O5. The molecule has 0 aromatic heterocycles. The highest BCUT2D eigenvalue weighted by Gasteiger charge is 2.34. The number of aliphatic hydroxyl groups is 1. The van der Waals surface area contributed by atoms with E-state index in [0.29, 0.717) is 23.6 Å². The van der Waals surface area contributed by atoms with Crippen molar-refractivity contribution in [2.24, 2.45) is 0 Å². The molecule has 1 amide bonds. The molecule has 1 aliphatic rings. The van der Waals surface area contributed by atoms with Crippen LogP contribution in [-0.4, -0.2) is 53.6 Å². The number of methoxy groups -OCH3 is 1. The zero-order chi connectivity index (χ0) is 14.7. The van der Waals surface area contributed by atoms with E-state index < -0.39 is 12.2 Å². The first-order valence-corrected chi connectivity index (χ1v) is 6.25. The maximum Gasteiger partial charge on any atom is 0.407 e. The Morgan fingerprint density at radius 2 is 2.25 bits per heavy atom. The van der Waals surface area contributed by atoms with Crippen LogP contribution < -0.4 is 15.2 Å². The molecule has 2 unspecified atom stereocenters. The topological polar surface area (TPSA) is 105 Å². The van der Waals surface area contributed by atoms with Crippen LogP contribution >= 0.6 is 0 Å². The van der Waals surface area contributed by atoms with Gasteiger partial charge in [-0.15, -0.1) is 0 Å². The molecule has 0 saturated carbocycles. The third-order valence-corrected chi connectivity index (χ3v) is 3.26. The monoisotopic (exact) mass is 282 g/mol. The first-order chi connectivity index (χ1) is 9.51. The first-order valence-electron chi connectivity index (χ1n) is 6.25. The number of rotatable bonds is 4. The van der Waals surface area contributed by atoms with E-state index in [9.17, 15) is 9.90 Å². The smallest absolute Gasteiger partial charge is 0.407 e. The molecule has 2 atom stereocenters. The Labute approximate surface area is 116 Å². The summed E-state index contributed by atoms with van der Waals surface area (Å²) in [5, 5.41) is 18.6. The Kier molecular flexibility index (Phi) is 4.19. The number of hydrogen-bond acceptors (Lipinski definition) is 5. The minimum atomic E-state index is -1.06. The predicted octanol–water partition coefficient (Wildman–Crippen LogP) is 0.769. The van der Waals surface area contributed by atoms with E-state index in [2.05, 4.69) is 0 Å². The Balaban J connectivity index is 2.03. The second kappa shape index (κ2) is 5.87. The van der Waals surface area contributed by atoms with Crippen LogP contribution in [0.2, 0.25) is 0 Å². The standard InChI is InChI=1S/C13H18N2O5/c1-19-12-4-8(14)2-3-11(12)20-7-9-5-10(16)6-15(9)13(17)18/h2-4,9-10,16H,5-7,14H2,1H3,(H,17,18). The SMILES string of the molecule is COc1cc(N)ccc1OCC1CC(O)CN1C(=O)O. The summed E-state index contributed by atoms with van der Waals surface area (Å²) >= 11 is 0. The summed E-state index contributed by atoms with van der Waals surface area (Å²) < 4.78 is 10.8. The summed E-state index contributed by atoms with van der Waals surface area (Å²) in [5.41, 5.74) is 6.20. The molecule has 1 fully saturated rings. The van der Waals surface area contributed by atoms with Gasteiger partial charge in [-0.2, -0.15) is 0 Å². The Bertz CT molecular complexity index is 494. The van der Waals surface area contributed by atoms with Crippen molar-refractivity contribution in [3.05, 3.63) is 18.2 Å². The Morgan fingerprint density at radius 1 is 1.50 bits per heavy atom. The number of anilines is 1. The average molecular weight is 282 g/mol. The van der Waals surface area contributed by atoms with Gasteiger partial charge in [0, 0.05) is 11.8 Å². The molecule has 20 heavy (non-hydrogen) atoms. The van der Waals surface area contributed by atoms with Crippen LogP contribution in [0.25, 0.3) is 0 Å². The van der Waals surface area contributed by atoms with Crippen molar-refractivity contribution in [2.45, 2.75) is 18.6 Å². The molecule has 4 N–H and O–H groups in total. The summed E-state index contributed by atoms with van der Waals surface area (Å²) in [4.78, 5) is 12.2. The van der Waals surface area contributed by atoms with E-state index in [-0.39, 0.29) is 19.2 Å². The number of carboxylic acid groups (broad SMARTS) is 1. The van der Waals surface area contributed by atoms with Crippen molar-refractivity contribution in [1.82, 2.24) is 4.90 Å².